The van der Waals surface area contributed by atoms with Gasteiger partial charge in [0, 0.05) is 25.6 Å². The highest BCUT2D eigenvalue weighted by Crippen LogP contribution is 2.24. The molecule has 1 saturated carbocycles. The predicted molar refractivity (Wildman–Crippen MR) is 85.6 cm³/mol. The molecule has 1 rings (SSSR count). The fourth-order valence-electron chi connectivity index (χ4n) is 2.89. The van der Waals surface area contributed by atoms with Gasteiger partial charge in [0.2, 0.25) is 15.9 Å². The zero-order valence-corrected chi connectivity index (χ0v) is 14.3. The van der Waals surface area contributed by atoms with Crippen LogP contribution in [0.3, 0.4) is 0 Å². The third-order valence-electron chi connectivity index (χ3n) is 4.07. The lowest BCUT2D eigenvalue weighted by Crippen LogP contribution is -2.42. The first-order chi connectivity index (χ1) is 9.95. The molecule has 1 aliphatic carbocycles. The zero-order valence-electron chi connectivity index (χ0n) is 13.4. The molecule has 0 bridgehead atoms. The summed E-state index contributed by atoms with van der Waals surface area (Å²) in [6, 6.07) is 0.0849. The van der Waals surface area contributed by atoms with Gasteiger partial charge in [-0.15, -0.1) is 0 Å². The number of carbonyl (C=O) groups excluding carboxylic acids is 1. The van der Waals surface area contributed by atoms with Gasteiger partial charge in [-0.1, -0.05) is 39.0 Å². The van der Waals surface area contributed by atoms with Crippen molar-refractivity contribution in [3.05, 3.63) is 0 Å². The van der Waals surface area contributed by atoms with Gasteiger partial charge in [0.15, 0.2) is 0 Å². The van der Waals surface area contributed by atoms with Crippen LogP contribution in [0.15, 0.2) is 0 Å². The van der Waals surface area contributed by atoms with E-state index in [0.717, 1.165) is 44.9 Å². The van der Waals surface area contributed by atoms with Crippen molar-refractivity contribution in [3.8, 4) is 0 Å². The zero-order chi connectivity index (χ0) is 15.7. The van der Waals surface area contributed by atoms with Crippen LogP contribution in [0.25, 0.3) is 0 Å². The Morgan fingerprint density at radius 1 is 1.19 bits per heavy atom. The molecule has 0 spiro atoms. The molecule has 1 amide bonds. The maximum absolute atomic E-state index is 11.9. The summed E-state index contributed by atoms with van der Waals surface area (Å²) in [6.45, 7) is 3.12. The first-order valence-corrected chi connectivity index (χ1v) is 10.0. The first kappa shape index (κ1) is 18.4. The average Bonchev–Trinajstić information content (AvgIpc) is 2.43. The monoisotopic (exact) mass is 318 g/mol. The van der Waals surface area contributed by atoms with Crippen molar-refractivity contribution < 1.29 is 13.2 Å². The Kier molecular flexibility index (Phi) is 8.26. The van der Waals surface area contributed by atoms with Crippen molar-refractivity contribution in [1.82, 2.24) is 9.62 Å². The lowest BCUT2D eigenvalue weighted by atomic mass is 9.95. The number of unbranched alkanes of at least 4 members (excludes halogenated alkanes) is 2. The van der Waals surface area contributed by atoms with E-state index < -0.39 is 10.0 Å². The molecule has 5 nitrogen and oxygen atoms in total. The lowest BCUT2D eigenvalue weighted by molar-refractivity contribution is -0.121. The van der Waals surface area contributed by atoms with Crippen molar-refractivity contribution in [2.75, 3.05) is 19.3 Å². The molecule has 21 heavy (non-hydrogen) atoms. The topological polar surface area (TPSA) is 66.5 Å². The average molecular weight is 318 g/mol. The predicted octanol–water partition coefficient (Wildman–Crippen LogP) is 2.28. The van der Waals surface area contributed by atoms with E-state index in [1.165, 1.54) is 17.0 Å². The first-order valence-electron chi connectivity index (χ1n) is 8.18. The lowest BCUT2D eigenvalue weighted by Gasteiger charge is -2.32. The third kappa shape index (κ3) is 7.27. The van der Waals surface area contributed by atoms with Crippen molar-refractivity contribution in [2.24, 2.45) is 0 Å². The van der Waals surface area contributed by atoms with E-state index in [1.54, 1.807) is 0 Å². The molecule has 0 aromatic heterocycles. The number of amides is 1. The number of hydrogen-bond donors (Lipinski definition) is 1. The second-order valence-corrected chi connectivity index (χ2v) is 7.91. The van der Waals surface area contributed by atoms with Crippen molar-refractivity contribution in [2.45, 2.75) is 70.8 Å². The smallest absolute Gasteiger partial charge is 0.221 e. The Bertz CT molecular complexity index is 403. The Morgan fingerprint density at radius 3 is 2.43 bits per heavy atom. The van der Waals surface area contributed by atoms with E-state index in [0.29, 0.717) is 13.1 Å². The molecule has 1 aliphatic rings. The second-order valence-electron chi connectivity index (χ2n) is 5.97. The maximum Gasteiger partial charge on any atom is 0.221 e. The van der Waals surface area contributed by atoms with E-state index in [-0.39, 0.29) is 18.4 Å². The van der Waals surface area contributed by atoms with Gasteiger partial charge in [0.05, 0.1) is 6.26 Å². The molecule has 0 saturated heterocycles. The Balaban J connectivity index is 2.41. The molecule has 1 fully saturated rings. The normalized spacial score (nSPS) is 17.1. The minimum Gasteiger partial charge on any atom is -0.356 e. The number of carbonyl (C=O) groups is 1. The summed E-state index contributed by atoms with van der Waals surface area (Å²) in [5.41, 5.74) is 0. The minimum absolute atomic E-state index is 0.0458. The SMILES string of the molecule is CCCCCNC(=O)CCN(C1CCCCC1)S(C)(=O)=O. The van der Waals surface area contributed by atoms with Crippen LogP contribution in [0.1, 0.15) is 64.7 Å². The van der Waals surface area contributed by atoms with Crippen LogP contribution in [0, 0.1) is 0 Å². The molecule has 6 heteroatoms. The van der Waals surface area contributed by atoms with E-state index in [9.17, 15) is 13.2 Å². The van der Waals surface area contributed by atoms with E-state index >= 15 is 0 Å². The number of nitrogens with one attached hydrogen (secondary N) is 1. The van der Waals surface area contributed by atoms with E-state index in [1.807, 2.05) is 0 Å². The molecule has 124 valence electrons. The number of hydrogen-bond acceptors (Lipinski definition) is 3. The van der Waals surface area contributed by atoms with Gasteiger partial charge in [0.1, 0.15) is 0 Å². The second kappa shape index (κ2) is 9.41. The molecule has 1 N–H and O–H groups in total. The summed E-state index contributed by atoms with van der Waals surface area (Å²) in [4.78, 5) is 11.8. The highest BCUT2D eigenvalue weighted by molar-refractivity contribution is 7.88. The number of sulfonamides is 1. The van der Waals surface area contributed by atoms with Gasteiger partial charge >= 0.3 is 0 Å². The summed E-state index contributed by atoms with van der Waals surface area (Å²) in [7, 11) is -3.24. The fourth-order valence-corrected chi connectivity index (χ4v) is 4.07. The standard InChI is InChI=1S/C15H30N2O3S/c1-3-4-8-12-16-15(18)11-13-17(21(2,19)20)14-9-6-5-7-10-14/h14H,3-13H2,1-2H3,(H,16,18). The van der Waals surface area contributed by atoms with E-state index in [4.69, 9.17) is 0 Å². The summed E-state index contributed by atoms with van der Waals surface area (Å²) in [5, 5.41) is 2.87. The number of nitrogens with zero attached hydrogens (tertiary/aromatic N) is 1. The molecule has 0 unspecified atom stereocenters. The molecule has 0 heterocycles. The van der Waals surface area contributed by atoms with Crippen molar-refractivity contribution >= 4 is 15.9 Å². The van der Waals surface area contributed by atoms with Crippen LogP contribution in [-0.4, -0.2) is 44.0 Å². The van der Waals surface area contributed by atoms with Crippen molar-refractivity contribution in [3.63, 3.8) is 0 Å². The van der Waals surface area contributed by atoms with Gasteiger partial charge < -0.3 is 5.32 Å². The van der Waals surface area contributed by atoms with Crippen LogP contribution in [0.4, 0.5) is 0 Å². The van der Waals surface area contributed by atoms with Gasteiger partial charge in [0.25, 0.3) is 0 Å². The van der Waals surface area contributed by atoms with Crippen LogP contribution in [0.5, 0.6) is 0 Å². The molecular weight excluding hydrogens is 288 g/mol. The summed E-state index contributed by atoms with van der Waals surface area (Å²) < 4.78 is 25.4. The fraction of sp³-hybridized carbons (Fsp3) is 0.933. The minimum atomic E-state index is -3.24. The van der Waals surface area contributed by atoms with Gasteiger partial charge in [-0.25, -0.2) is 8.42 Å². The van der Waals surface area contributed by atoms with Crippen LogP contribution < -0.4 is 5.32 Å². The third-order valence-corrected chi connectivity index (χ3v) is 5.40. The molecule has 0 aliphatic heterocycles. The van der Waals surface area contributed by atoms with E-state index in [2.05, 4.69) is 12.2 Å². The highest BCUT2D eigenvalue weighted by Gasteiger charge is 2.28. The maximum atomic E-state index is 11.9. The Morgan fingerprint density at radius 2 is 1.86 bits per heavy atom. The molecule has 0 radical (unpaired) electrons. The molecule has 0 aromatic carbocycles. The number of rotatable bonds is 9. The molecule has 0 aromatic rings. The van der Waals surface area contributed by atoms with Gasteiger partial charge in [-0.2, -0.15) is 4.31 Å². The summed E-state index contributed by atoms with van der Waals surface area (Å²) in [5.74, 6) is -0.0458. The highest BCUT2D eigenvalue weighted by atomic mass is 32.2. The summed E-state index contributed by atoms with van der Waals surface area (Å²) in [6.07, 6.45) is 9.93. The van der Waals surface area contributed by atoms with Gasteiger partial charge in [-0.05, 0) is 19.3 Å². The Hall–Kier alpha value is -0.620. The quantitative estimate of drug-likeness (QED) is 0.663. The summed E-state index contributed by atoms with van der Waals surface area (Å²) >= 11 is 0. The van der Waals surface area contributed by atoms with Gasteiger partial charge in [-0.3, -0.25) is 4.79 Å². The van der Waals surface area contributed by atoms with Crippen LogP contribution in [-0.2, 0) is 14.8 Å². The van der Waals surface area contributed by atoms with Crippen LogP contribution in [0.2, 0.25) is 0 Å². The molecule has 0 atom stereocenters. The Labute approximate surface area is 129 Å². The van der Waals surface area contributed by atoms with Crippen LogP contribution >= 0.6 is 0 Å². The molecular formula is C15H30N2O3S. The largest absolute Gasteiger partial charge is 0.356 e. The van der Waals surface area contributed by atoms with Crippen molar-refractivity contribution in [1.29, 1.82) is 0 Å².